The van der Waals surface area contributed by atoms with E-state index >= 15 is 0 Å². The Labute approximate surface area is 154 Å². The number of nitrogen functional groups attached to an aromatic ring is 1. The van der Waals surface area contributed by atoms with E-state index in [-0.39, 0.29) is 5.91 Å². The van der Waals surface area contributed by atoms with E-state index in [0.717, 1.165) is 26.2 Å². The van der Waals surface area contributed by atoms with E-state index in [1.165, 1.54) is 11.3 Å². The quantitative estimate of drug-likeness (QED) is 0.807. The van der Waals surface area contributed by atoms with Gasteiger partial charge in [-0.25, -0.2) is 0 Å². The molecule has 6 nitrogen and oxygen atoms in total. The maximum absolute atomic E-state index is 12.4. The van der Waals surface area contributed by atoms with Crippen LogP contribution in [0.3, 0.4) is 0 Å². The molecule has 0 radical (unpaired) electrons. The molecule has 0 aromatic heterocycles. The summed E-state index contributed by atoms with van der Waals surface area (Å²) in [6.07, 6.45) is 0. The van der Waals surface area contributed by atoms with Crippen LogP contribution in [-0.2, 0) is 4.79 Å². The smallest absolute Gasteiger partial charge is 0.238 e. The van der Waals surface area contributed by atoms with Crippen molar-refractivity contribution in [2.45, 2.75) is 6.92 Å². The van der Waals surface area contributed by atoms with Gasteiger partial charge in [-0.3, -0.25) is 9.69 Å². The largest absolute Gasteiger partial charge is 0.494 e. The lowest BCUT2D eigenvalue weighted by atomic mass is 10.2. The van der Waals surface area contributed by atoms with E-state index in [1.807, 2.05) is 0 Å². The number of methoxy groups -OCH3 is 1. The molecular weight excluding hydrogens is 328 g/mol. The predicted molar refractivity (Wildman–Crippen MR) is 106 cm³/mol. The fraction of sp³-hybridized carbons (Fsp3) is 0.350. The standard InChI is InChI=1S/C20H26N4O2/c1-15-4-3-5-17(12-15)24-10-8-23(9-11-24)14-20(25)22-18-7-6-16(21)13-19(18)26-2/h3-7,12-13H,8-11,14,21H2,1-2H3,(H,22,25). The van der Waals surface area contributed by atoms with Crippen molar-refractivity contribution in [3.05, 3.63) is 48.0 Å². The Bertz CT molecular complexity index is 770. The Kier molecular flexibility index (Phi) is 5.63. The van der Waals surface area contributed by atoms with Gasteiger partial charge in [0.2, 0.25) is 5.91 Å². The second-order valence-corrected chi connectivity index (χ2v) is 6.61. The van der Waals surface area contributed by atoms with Gasteiger partial charge in [-0.05, 0) is 36.8 Å². The fourth-order valence-corrected chi connectivity index (χ4v) is 3.19. The number of hydrogen-bond donors (Lipinski definition) is 2. The molecule has 138 valence electrons. The Morgan fingerprint density at radius 3 is 2.62 bits per heavy atom. The summed E-state index contributed by atoms with van der Waals surface area (Å²) in [5.41, 5.74) is 9.51. The molecule has 3 rings (SSSR count). The second-order valence-electron chi connectivity index (χ2n) is 6.61. The number of nitrogens with two attached hydrogens (primary N) is 1. The van der Waals surface area contributed by atoms with Crippen molar-refractivity contribution in [2.24, 2.45) is 0 Å². The lowest BCUT2D eigenvalue weighted by Gasteiger charge is -2.35. The lowest BCUT2D eigenvalue weighted by Crippen LogP contribution is -2.48. The normalized spacial score (nSPS) is 14.9. The number of anilines is 3. The summed E-state index contributed by atoms with van der Waals surface area (Å²) in [5.74, 6) is 0.527. The maximum atomic E-state index is 12.4. The molecule has 2 aromatic rings. The molecule has 0 saturated carbocycles. The number of carbonyl (C=O) groups is 1. The summed E-state index contributed by atoms with van der Waals surface area (Å²) >= 11 is 0. The van der Waals surface area contributed by atoms with Crippen LogP contribution in [0.25, 0.3) is 0 Å². The molecule has 1 fully saturated rings. The van der Waals surface area contributed by atoms with Crippen molar-refractivity contribution >= 4 is 23.0 Å². The van der Waals surface area contributed by atoms with Crippen molar-refractivity contribution in [3.8, 4) is 5.75 Å². The highest BCUT2D eigenvalue weighted by Gasteiger charge is 2.19. The highest BCUT2D eigenvalue weighted by atomic mass is 16.5. The average molecular weight is 354 g/mol. The van der Waals surface area contributed by atoms with E-state index in [0.29, 0.717) is 23.7 Å². The van der Waals surface area contributed by atoms with Crippen molar-refractivity contribution < 1.29 is 9.53 Å². The Morgan fingerprint density at radius 2 is 1.92 bits per heavy atom. The number of amides is 1. The summed E-state index contributed by atoms with van der Waals surface area (Å²) in [6, 6.07) is 13.8. The van der Waals surface area contributed by atoms with Crippen LogP contribution in [-0.4, -0.2) is 50.6 Å². The van der Waals surface area contributed by atoms with Gasteiger partial charge in [0.15, 0.2) is 0 Å². The third-order valence-corrected chi connectivity index (χ3v) is 4.61. The molecule has 0 aliphatic carbocycles. The molecule has 6 heteroatoms. The molecule has 1 amide bonds. The highest BCUT2D eigenvalue weighted by molar-refractivity contribution is 5.94. The van der Waals surface area contributed by atoms with E-state index in [2.05, 4.69) is 46.3 Å². The average Bonchev–Trinajstić information content (AvgIpc) is 2.63. The summed E-state index contributed by atoms with van der Waals surface area (Å²) in [7, 11) is 1.56. The van der Waals surface area contributed by atoms with Crippen molar-refractivity contribution in [1.29, 1.82) is 0 Å². The molecule has 0 spiro atoms. The van der Waals surface area contributed by atoms with Gasteiger partial charge in [0.1, 0.15) is 5.75 Å². The van der Waals surface area contributed by atoms with E-state index < -0.39 is 0 Å². The highest BCUT2D eigenvalue weighted by Crippen LogP contribution is 2.26. The van der Waals surface area contributed by atoms with Crippen LogP contribution < -0.4 is 20.7 Å². The maximum Gasteiger partial charge on any atom is 0.238 e. The van der Waals surface area contributed by atoms with Gasteiger partial charge in [-0.1, -0.05) is 12.1 Å². The van der Waals surface area contributed by atoms with Crippen LogP contribution in [0.5, 0.6) is 5.75 Å². The zero-order chi connectivity index (χ0) is 18.5. The zero-order valence-corrected chi connectivity index (χ0v) is 15.4. The molecule has 26 heavy (non-hydrogen) atoms. The molecule has 1 aliphatic rings. The number of piperazine rings is 1. The third kappa shape index (κ3) is 4.46. The topological polar surface area (TPSA) is 70.8 Å². The Balaban J connectivity index is 1.52. The number of rotatable bonds is 5. The number of ether oxygens (including phenoxy) is 1. The number of hydrogen-bond acceptors (Lipinski definition) is 5. The van der Waals surface area contributed by atoms with Gasteiger partial charge in [0.25, 0.3) is 0 Å². The Morgan fingerprint density at radius 1 is 1.15 bits per heavy atom. The van der Waals surface area contributed by atoms with Crippen LogP contribution >= 0.6 is 0 Å². The minimum Gasteiger partial charge on any atom is -0.494 e. The number of nitrogens with zero attached hydrogens (tertiary/aromatic N) is 2. The van der Waals surface area contributed by atoms with Crippen LogP contribution in [0.1, 0.15) is 5.56 Å². The molecule has 3 N–H and O–H groups in total. The van der Waals surface area contributed by atoms with E-state index in [1.54, 1.807) is 25.3 Å². The Hall–Kier alpha value is -2.73. The van der Waals surface area contributed by atoms with E-state index in [9.17, 15) is 4.79 Å². The molecule has 0 atom stereocenters. The van der Waals surface area contributed by atoms with Crippen LogP contribution in [0.15, 0.2) is 42.5 Å². The first kappa shape index (κ1) is 18.1. The van der Waals surface area contributed by atoms with Gasteiger partial charge in [-0.2, -0.15) is 0 Å². The van der Waals surface area contributed by atoms with Crippen molar-refractivity contribution in [3.63, 3.8) is 0 Å². The minimum absolute atomic E-state index is 0.0444. The summed E-state index contributed by atoms with van der Waals surface area (Å²) in [4.78, 5) is 16.9. The number of aryl methyl sites for hydroxylation is 1. The molecular formula is C20H26N4O2. The van der Waals surface area contributed by atoms with Crippen molar-refractivity contribution in [1.82, 2.24) is 4.90 Å². The molecule has 1 aliphatic heterocycles. The molecule has 1 heterocycles. The van der Waals surface area contributed by atoms with Gasteiger partial charge in [0.05, 0.1) is 19.3 Å². The zero-order valence-electron chi connectivity index (χ0n) is 15.4. The summed E-state index contributed by atoms with van der Waals surface area (Å²) in [5, 5.41) is 2.91. The lowest BCUT2D eigenvalue weighted by molar-refractivity contribution is -0.117. The van der Waals surface area contributed by atoms with Gasteiger partial charge in [0, 0.05) is 43.6 Å². The van der Waals surface area contributed by atoms with Gasteiger partial charge >= 0.3 is 0 Å². The number of benzene rings is 2. The molecule has 0 bridgehead atoms. The van der Waals surface area contributed by atoms with Gasteiger partial charge in [-0.15, -0.1) is 0 Å². The summed E-state index contributed by atoms with van der Waals surface area (Å²) in [6.45, 7) is 6.04. The van der Waals surface area contributed by atoms with Crippen LogP contribution in [0, 0.1) is 6.92 Å². The number of carbonyl (C=O) groups excluding carboxylic acids is 1. The number of nitrogens with one attached hydrogen (secondary N) is 1. The monoisotopic (exact) mass is 354 g/mol. The first-order valence-corrected chi connectivity index (χ1v) is 8.82. The third-order valence-electron chi connectivity index (χ3n) is 4.61. The van der Waals surface area contributed by atoms with E-state index in [4.69, 9.17) is 10.5 Å². The second kappa shape index (κ2) is 8.10. The fourth-order valence-electron chi connectivity index (χ4n) is 3.19. The van der Waals surface area contributed by atoms with Crippen LogP contribution in [0.2, 0.25) is 0 Å². The first-order chi connectivity index (χ1) is 12.5. The molecule has 1 saturated heterocycles. The van der Waals surface area contributed by atoms with Crippen LogP contribution in [0.4, 0.5) is 17.1 Å². The molecule has 2 aromatic carbocycles. The molecule has 0 unspecified atom stereocenters. The predicted octanol–water partition coefficient (Wildman–Crippen LogP) is 2.35. The van der Waals surface area contributed by atoms with Crippen molar-refractivity contribution in [2.75, 3.05) is 55.8 Å². The minimum atomic E-state index is -0.0444. The summed E-state index contributed by atoms with van der Waals surface area (Å²) < 4.78 is 5.27. The van der Waals surface area contributed by atoms with Gasteiger partial charge < -0.3 is 20.7 Å². The first-order valence-electron chi connectivity index (χ1n) is 8.82. The SMILES string of the molecule is COc1cc(N)ccc1NC(=O)CN1CCN(c2cccc(C)c2)CC1.